The van der Waals surface area contributed by atoms with E-state index >= 15 is 0 Å². The number of halogens is 1. The fourth-order valence-corrected chi connectivity index (χ4v) is 2.41. The maximum atomic E-state index is 9.45. The maximum Gasteiger partial charge on any atom is 0.138 e. The van der Waals surface area contributed by atoms with Crippen LogP contribution in [0.25, 0.3) is 22.4 Å². The molecule has 4 nitrogen and oxygen atoms in total. The number of anilines is 1. The van der Waals surface area contributed by atoms with Crippen molar-refractivity contribution in [3.05, 3.63) is 48.0 Å². The third kappa shape index (κ3) is 3.24. The van der Waals surface area contributed by atoms with Gasteiger partial charge < -0.3 is 15.4 Å². The van der Waals surface area contributed by atoms with Crippen LogP contribution >= 0.6 is 11.6 Å². The average molecular weight is 316 g/mol. The number of rotatable bonds is 5. The van der Waals surface area contributed by atoms with Crippen LogP contribution in [0.5, 0.6) is 0 Å². The molecular formula is C17H18ClN3O. The number of imidazole rings is 1. The molecule has 0 spiro atoms. The Labute approximate surface area is 134 Å². The van der Waals surface area contributed by atoms with Gasteiger partial charge >= 0.3 is 0 Å². The minimum Gasteiger partial charge on any atom is -0.390 e. The molecule has 22 heavy (non-hydrogen) atoms. The first kappa shape index (κ1) is 14.9. The van der Waals surface area contributed by atoms with E-state index in [1.54, 1.807) is 0 Å². The average Bonchev–Trinajstić information content (AvgIpc) is 2.96. The molecule has 3 N–H and O–H groups in total. The van der Waals surface area contributed by atoms with Gasteiger partial charge in [-0.2, -0.15) is 0 Å². The Morgan fingerprint density at radius 1 is 1.23 bits per heavy atom. The molecule has 3 rings (SSSR count). The van der Waals surface area contributed by atoms with Crippen molar-refractivity contribution < 1.29 is 5.11 Å². The lowest BCUT2D eigenvalue weighted by molar-refractivity contribution is 0.211. The Balaban J connectivity index is 1.79. The first-order valence-corrected chi connectivity index (χ1v) is 7.74. The molecule has 0 aliphatic heterocycles. The van der Waals surface area contributed by atoms with Crippen LogP contribution in [0.15, 0.2) is 42.5 Å². The highest BCUT2D eigenvalue weighted by Crippen LogP contribution is 2.22. The summed E-state index contributed by atoms with van der Waals surface area (Å²) in [7, 11) is 0. The van der Waals surface area contributed by atoms with E-state index in [0.29, 0.717) is 6.54 Å². The van der Waals surface area contributed by atoms with Crippen LogP contribution in [0, 0.1) is 6.92 Å². The number of aliphatic hydroxyl groups is 1. The van der Waals surface area contributed by atoms with Crippen molar-refractivity contribution in [1.29, 1.82) is 0 Å². The number of aliphatic hydroxyl groups excluding tert-OH is 1. The van der Waals surface area contributed by atoms with Gasteiger partial charge in [0.15, 0.2) is 0 Å². The highest BCUT2D eigenvalue weighted by atomic mass is 35.5. The second-order valence-corrected chi connectivity index (χ2v) is 5.68. The molecule has 0 aliphatic rings. The van der Waals surface area contributed by atoms with E-state index in [1.165, 1.54) is 5.56 Å². The number of benzene rings is 2. The largest absolute Gasteiger partial charge is 0.390 e. The molecule has 2 aromatic carbocycles. The van der Waals surface area contributed by atoms with Crippen molar-refractivity contribution in [3.63, 3.8) is 0 Å². The van der Waals surface area contributed by atoms with Gasteiger partial charge in [0, 0.05) is 17.8 Å². The lowest BCUT2D eigenvalue weighted by Crippen LogP contribution is -2.20. The molecule has 1 aromatic heterocycles. The topological polar surface area (TPSA) is 60.9 Å². The molecule has 0 fully saturated rings. The van der Waals surface area contributed by atoms with Crippen molar-refractivity contribution in [2.24, 2.45) is 0 Å². The van der Waals surface area contributed by atoms with E-state index in [4.69, 9.17) is 11.6 Å². The van der Waals surface area contributed by atoms with Gasteiger partial charge in [0.05, 0.1) is 23.0 Å². The molecular weight excluding hydrogens is 298 g/mol. The third-order valence-electron chi connectivity index (χ3n) is 3.52. The highest BCUT2D eigenvalue weighted by molar-refractivity contribution is 6.18. The summed E-state index contributed by atoms with van der Waals surface area (Å²) in [6, 6.07) is 14.1. The number of alkyl halides is 1. The summed E-state index contributed by atoms with van der Waals surface area (Å²) >= 11 is 5.57. The van der Waals surface area contributed by atoms with Crippen LogP contribution in [0.3, 0.4) is 0 Å². The Bertz CT molecular complexity index is 767. The molecule has 0 aliphatic carbocycles. The van der Waals surface area contributed by atoms with Crippen LogP contribution in [0.2, 0.25) is 0 Å². The second-order valence-electron chi connectivity index (χ2n) is 5.37. The summed E-state index contributed by atoms with van der Waals surface area (Å²) in [6.07, 6.45) is -0.542. The molecule has 0 saturated heterocycles. The molecule has 1 unspecified atom stereocenters. The Morgan fingerprint density at radius 3 is 2.73 bits per heavy atom. The summed E-state index contributed by atoms with van der Waals surface area (Å²) in [5, 5.41) is 12.6. The van der Waals surface area contributed by atoms with Crippen LogP contribution in [-0.2, 0) is 0 Å². The van der Waals surface area contributed by atoms with E-state index < -0.39 is 6.10 Å². The molecule has 3 aromatic rings. The quantitative estimate of drug-likeness (QED) is 0.631. The summed E-state index contributed by atoms with van der Waals surface area (Å²) < 4.78 is 0. The summed E-state index contributed by atoms with van der Waals surface area (Å²) in [5.74, 6) is 1.08. The standard InChI is InChI=1S/C17H18ClN3O/c1-11-2-7-15-16(8-11)21-17(20-15)12-3-5-13(6-4-12)19-10-14(22)9-18/h2-8,14,19,22H,9-10H2,1H3,(H,20,21). The molecule has 114 valence electrons. The predicted molar refractivity (Wildman–Crippen MR) is 91.5 cm³/mol. The SMILES string of the molecule is Cc1ccc2nc(-c3ccc(NCC(O)CCl)cc3)[nH]c2c1. The molecule has 0 saturated carbocycles. The van der Waals surface area contributed by atoms with Crippen molar-refractivity contribution in [2.75, 3.05) is 17.7 Å². The fourth-order valence-electron chi connectivity index (χ4n) is 2.30. The Morgan fingerprint density at radius 2 is 2.00 bits per heavy atom. The van der Waals surface area contributed by atoms with Gasteiger partial charge in [-0.1, -0.05) is 6.07 Å². The molecule has 5 heteroatoms. The normalized spacial score (nSPS) is 12.5. The predicted octanol–water partition coefficient (Wildman–Crippen LogP) is 3.55. The van der Waals surface area contributed by atoms with Gasteiger partial charge in [-0.3, -0.25) is 0 Å². The number of hydrogen-bond donors (Lipinski definition) is 3. The monoisotopic (exact) mass is 315 g/mol. The minimum absolute atomic E-state index is 0.226. The zero-order valence-corrected chi connectivity index (χ0v) is 13.1. The second kappa shape index (κ2) is 6.38. The van der Waals surface area contributed by atoms with E-state index in [1.807, 2.05) is 30.3 Å². The molecule has 0 radical (unpaired) electrons. The smallest absolute Gasteiger partial charge is 0.138 e. The number of hydrogen-bond acceptors (Lipinski definition) is 3. The maximum absolute atomic E-state index is 9.45. The zero-order valence-electron chi connectivity index (χ0n) is 12.3. The minimum atomic E-state index is -0.542. The summed E-state index contributed by atoms with van der Waals surface area (Å²) in [5.41, 5.74) is 5.19. The van der Waals surface area contributed by atoms with Crippen LogP contribution < -0.4 is 5.32 Å². The highest BCUT2D eigenvalue weighted by Gasteiger charge is 2.06. The molecule has 0 bridgehead atoms. The van der Waals surface area contributed by atoms with Gasteiger partial charge in [0.2, 0.25) is 0 Å². The Hall–Kier alpha value is -2.04. The number of nitrogens with one attached hydrogen (secondary N) is 2. The summed E-state index contributed by atoms with van der Waals surface area (Å²) in [6.45, 7) is 2.50. The number of aryl methyl sites for hydroxylation is 1. The van der Waals surface area contributed by atoms with Crippen LogP contribution in [0.4, 0.5) is 5.69 Å². The van der Waals surface area contributed by atoms with Crippen LogP contribution in [-0.4, -0.2) is 33.6 Å². The fraction of sp³-hybridized carbons (Fsp3) is 0.235. The number of fused-ring (bicyclic) bond motifs is 1. The van der Waals surface area contributed by atoms with Crippen molar-refractivity contribution in [1.82, 2.24) is 9.97 Å². The van der Waals surface area contributed by atoms with E-state index in [-0.39, 0.29) is 5.88 Å². The number of aromatic nitrogens is 2. The lowest BCUT2D eigenvalue weighted by atomic mass is 10.2. The van der Waals surface area contributed by atoms with Crippen molar-refractivity contribution in [3.8, 4) is 11.4 Å². The van der Waals surface area contributed by atoms with Crippen molar-refractivity contribution in [2.45, 2.75) is 13.0 Å². The molecule has 1 heterocycles. The van der Waals surface area contributed by atoms with E-state index in [9.17, 15) is 5.11 Å². The first-order valence-electron chi connectivity index (χ1n) is 7.20. The Kier molecular flexibility index (Phi) is 4.32. The number of aromatic amines is 1. The number of nitrogens with zero attached hydrogens (tertiary/aromatic N) is 1. The first-order chi connectivity index (χ1) is 10.7. The zero-order chi connectivity index (χ0) is 15.5. The lowest BCUT2D eigenvalue weighted by Gasteiger charge is -2.10. The van der Waals surface area contributed by atoms with Gasteiger partial charge in [0.1, 0.15) is 5.82 Å². The van der Waals surface area contributed by atoms with E-state index in [0.717, 1.165) is 28.1 Å². The third-order valence-corrected chi connectivity index (χ3v) is 3.87. The van der Waals surface area contributed by atoms with Gasteiger partial charge in [-0.15, -0.1) is 11.6 Å². The van der Waals surface area contributed by atoms with Gasteiger partial charge in [0.25, 0.3) is 0 Å². The van der Waals surface area contributed by atoms with Gasteiger partial charge in [-0.05, 0) is 48.9 Å². The molecule has 0 amide bonds. The van der Waals surface area contributed by atoms with Gasteiger partial charge in [-0.25, -0.2) is 4.98 Å². The molecule has 1 atom stereocenters. The summed E-state index contributed by atoms with van der Waals surface area (Å²) in [4.78, 5) is 7.95. The van der Waals surface area contributed by atoms with Crippen molar-refractivity contribution >= 4 is 28.3 Å². The van der Waals surface area contributed by atoms with E-state index in [2.05, 4.69) is 34.3 Å². The number of H-pyrrole nitrogens is 1. The van der Waals surface area contributed by atoms with Crippen LogP contribution in [0.1, 0.15) is 5.56 Å².